The molecule has 1 aromatic heterocycles. The Labute approximate surface area is 167 Å². The molecule has 0 amide bonds. The van der Waals surface area contributed by atoms with E-state index >= 15 is 0 Å². The van der Waals surface area contributed by atoms with Gasteiger partial charge in [-0.3, -0.25) is 0 Å². The number of rotatable bonds is 8. The van der Waals surface area contributed by atoms with Crippen molar-refractivity contribution < 1.29 is 9.47 Å². The Morgan fingerprint density at radius 3 is 2.69 bits per heavy atom. The van der Waals surface area contributed by atoms with Gasteiger partial charge in [-0.25, -0.2) is 9.98 Å². The van der Waals surface area contributed by atoms with Crippen LogP contribution in [-0.2, 0) is 13.0 Å². The fourth-order valence-corrected chi connectivity index (χ4v) is 3.71. The van der Waals surface area contributed by atoms with E-state index in [-0.39, 0.29) is 0 Å². The number of thiazole rings is 1. The Bertz CT molecular complexity index is 749. The normalized spacial score (nSPS) is 11.3. The number of aromatic nitrogens is 1. The largest absolute Gasteiger partial charge is 0.493 e. The average Bonchev–Trinajstić information content (AvgIpc) is 3.04. The first-order valence-corrected chi connectivity index (χ1v) is 10.1. The van der Waals surface area contributed by atoms with Crippen LogP contribution < -0.4 is 20.1 Å². The number of hydrogen-bond acceptors (Lipinski definition) is 5. The van der Waals surface area contributed by atoms with E-state index in [1.165, 1.54) is 0 Å². The maximum absolute atomic E-state index is 5.39. The summed E-state index contributed by atoms with van der Waals surface area (Å²) in [6.45, 7) is 6.19. The minimum atomic E-state index is 0.532. The second kappa shape index (κ2) is 10.4. The van der Waals surface area contributed by atoms with Crippen LogP contribution in [0.2, 0.25) is 0 Å². The van der Waals surface area contributed by atoms with Crippen LogP contribution in [-0.4, -0.2) is 38.3 Å². The third-order valence-corrected chi connectivity index (χ3v) is 5.01. The number of nitrogens with zero attached hydrogens (tertiary/aromatic N) is 2. The van der Waals surface area contributed by atoms with Crippen molar-refractivity contribution in [2.45, 2.75) is 26.8 Å². The monoisotopic (exact) mass is 440 g/mol. The van der Waals surface area contributed by atoms with Gasteiger partial charge in [-0.2, -0.15) is 0 Å². The molecule has 0 aliphatic heterocycles. The van der Waals surface area contributed by atoms with Crippen LogP contribution in [0.4, 0.5) is 0 Å². The molecule has 0 unspecified atom stereocenters. The number of halogens is 1. The van der Waals surface area contributed by atoms with Crippen LogP contribution in [0.1, 0.15) is 23.2 Å². The lowest BCUT2D eigenvalue weighted by Crippen LogP contribution is -2.38. The molecule has 0 radical (unpaired) electrons. The van der Waals surface area contributed by atoms with Gasteiger partial charge in [-0.15, -0.1) is 11.3 Å². The molecule has 8 heteroatoms. The number of guanidine groups is 1. The summed E-state index contributed by atoms with van der Waals surface area (Å²) in [6, 6.07) is 3.93. The highest BCUT2D eigenvalue weighted by Gasteiger charge is 2.10. The van der Waals surface area contributed by atoms with Gasteiger partial charge >= 0.3 is 0 Å². The van der Waals surface area contributed by atoms with Gasteiger partial charge in [0.15, 0.2) is 17.5 Å². The zero-order chi connectivity index (χ0) is 18.9. The van der Waals surface area contributed by atoms with Crippen LogP contribution in [0, 0.1) is 6.92 Å². The second-order valence-electron chi connectivity index (χ2n) is 5.54. The van der Waals surface area contributed by atoms with Crippen molar-refractivity contribution in [3.8, 4) is 11.5 Å². The Hall–Kier alpha value is -1.80. The van der Waals surface area contributed by atoms with Gasteiger partial charge in [0.1, 0.15) is 0 Å². The van der Waals surface area contributed by atoms with Crippen LogP contribution in [0.25, 0.3) is 0 Å². The SMILES string of the molecule is CCNC(=NCc1cc(Br)c(OC)c(OC)c1)NCCc1csc(C)n1. The van der Waals surface area contributed by atoms with E-state index in [4.69, 9.17) is 9.47 Å². The lowest BCUT2D eigenvalue weighted by atomic mass is 10.2. The summed E-state index contributed by atoms with van der Waals surface area (Å²) in [7, 11) is 3.25. The number of benzene rings is 1. The van der Waals surface area contributed by atoms with Gasteiger partial charge in [0.2, 0.25) is 0 Å². The summed E-state index contributed by atoms with van der Waals surface area (Å²) in [5.41, 5.74) is 2.14. The predicted octanol–water partition coefficient (Wildman–Crippen LogP) is 3.53. The molecule has 1 heterocycles. The summed E-state index contributed by atoms with van der Waals surface area (Å²) in [6.07, 6.45) is 0.872. The van der Waals surface area contributed by atoms with Crippen molar-refractivity contribution >= 4 is 33.2 Å². The minimum absolute atomic E-state index is 0.532. The van der Waals surface area contributed by atoms with Crippen LogP contribution in [0.15, 0.2) is 27.0 Å². The number of methoxy groups -OCH3 is 2. The molecule has 142 valence electrons. The molecule has 2 rings (SSSR count). The first kappa shape index (κ1) is 20.5. The molecule has 6 nitrogen and oxygen atoms in total. The number of hydrogen-bond donors (Lipinski definition) is 2. The molecule has 0 atom stereocenters. The molecule has 1 aromatic carbocycles. The smallest absolute Gasteiger partial charge is 0.191 e. The Kier molecular flexibility index (Phi) is 8.18. The van der Waals surface area contributed by atoms with Gasteiger partial charge in [0, 0.05) is 24.9 Å². The van der Waals surface area contributed by atoms with E-state index < -0.39 is 0 Å². The molecule has 0 spiro atoms. The topological polar surface area (TPSA) is 67.8 Å². The van der Waals surface area contributed by atoms with E-state index in [1.807, 2.05) is 26.0 Å². The lowest BCUT2D eigenvalue weighted by Gasteiger charge is -2.13. The lowest BCUT2D eigenvalue weighted by molar-refractivity contribution is 0.352. The first-order valence-electron chi connectivity index (χ1n) is 8.41. The third kappa shape index (κ3) is 5.88. The van der Waals surface area contributed by atoms with Gasteiger partial charge < -0.3 is 20.1 Å². The zero-order valence-electron chi connectivity index (χ0n) is 15.6. The molecule has 2 aromatic rings. The van der Waals surface area contributed by atoms with Crippen molar-refractivity contribution in [2.24, 2.45) is 4.99 Å². The quantitative estimate of drug-likeness (QED) is 0.485. The van der Waals surface area contributed by atoms with E-state index in [0.29, 0.717) is 18.0 Å². The molecule has 0 saturated carbocycles. The van der Waals surface area contributed by atoms with Crippen LogP contribution in [0.5, 0.6) is 11.5 Å². The highest BCUT2D eigenvalue weighted by molar-refractivity contribution is 9.10. The maximum atomic E-state index is 5.39. The fourth-order valence-electron chi connectivity index (χ4n) is 2.41. The number of aryl methyl sites for hydroxylation is 1. The van der Waals surface area contributed by atoms with Crippen molar-refractivity contribution in [3.63, 3.8) is 0 Å². The average molecular weight is 441 g/mol. The summed E-state index contributed by atoms with van der Waals surface area (Å²) in [4.78, 5) is 9.13. The van der Waals surface area contributed by atoms with Gasteiger partial charge in [0.05, 0.1) is 35.9 Å². The van der Waals surface area contributed by atoms with Gasteiger partial charge in [0.25, 0.3) is 0 Å². The zero-order valence-corrected chi connectivity index (χ0v) is 18.0. The molecule has 26 heavy (non-hydrogen) atoms. The second-order valence-corrected chi connectivity index (χ2v) is 7.46. The minimum Gasteiger partial charge on any atom is -0.493 e. The first-order chi connectivity index (χ1) is 12.6. The molecular formula is C18H25BrN4O2S. The Balaban J connectivity index is 2.00. The third-order valence-electron chi connectivity index (χ3n) is 3.60. The Morgan fingerprint density at radius 1 is 1.27 bits per heavy atom. The number of nitrogens with one attached hydrogen (secondary N) is 2. The Morgan fingerprint density at radius 2 is 2.08 bits per heavy atom. The van der Waals surface area contributed by atoms with Crippen molar-refractivity contribution in [1.29, 1.82) is 0 Å². The number of aliphatic imine (C=N–C) groups is 1. The molecule has 0 saturated heterocycles. The molecule has 0 bridgehead atoms. The van der Waals surface area contributed by atoms with E-state index in [2.05, 4.69) is 41.9 Å². The van der Waals surface area contributed by atoms with Crippen LogP contribution in [0.3, 0.4) is 0 Å². The summed E-state index contributed by atoms with van der Waals surface area (Å²) < 4.78 is 11.6. The standard InChI is InChI=1S/C18H25BrN4O2S/c1-5-20-18(21-7-6-14-11-26-12(2)23-14)22-10-13-8-15(19)17(25-4)16(9-13)24-3/h8-9,11H,5-7,10H2,1-4H3,(H2,20,21,22). The predicted molar refractivity (Wildman–Crippen MR) is 111 cm³/mol. The molecular weight excluding hydrogens is 416 g/mol. The van der Waals surface area contributed by atoms with Crippen molar-refractivity contribution in [1.82, 2.24) is 15.6 Å². The highest BCUT2D eigenvalue weighted by atomic mass is 79.9. The van der Waals surface area contributed by atoms with E-state index in [9.17, 15) is 0 Å². The molecule has 0 aliphatic rings. The van der Waals surface area contributed by atoms with Gasteiger partial charge in [-0.05, 0) is 47.5 Å². The van der Waals surface area contributed by atoms with E-state index in [1.54, 1.807) is 25.6 Å². The fraction of sp³-hybridized carbons (Fsp3) is 0.444. The summed E-state index contributed by atoms with van der Waals surface area (Å²) in [5, 5.41) is 9.81. The number of ether oxygens (including phenoxy) is 2. The highest BCUT2D eigenvalue weighted by Crippen LogP contribution is 2.36. The molecule has 0 aliphatic carbocycles. The van der Waals surface area contributed by atoms with Crippen molar-refractivity contribution in [3.05, 3.63) is 38.3 Å². The maximum Gasteiger partial charge on any atom is 0.191 e. The summed E-state index contributed by atoms with van der Waals surface area (Å²) >= 11 is 5.19. The van der Waals surface area contributed by atoms with Crippen LogP contribution >= 0.6 is 27.3 Å². The van der Waals surface area contributed by atoms with Crippen molar-refractivity contribution in [2.75, 3.05) is 27.3 Å². The van der Waals surface area contributed by atoms with Gasteiger partial charge in [-0.1, -0.05) is 0 Å². The molecule has 2 N–H and O–H groups in total. The summed E-state index contributed by atoms with van der Waals surface area (Å²) in [5.74, 6) is 2.15. The van der Waals surface area contributed by atoms with E-state index in [0.717, 1.165) is 46.2 Å². The molecule has 0 fully saturated rings.